The molecule has 3 nitrogen and oxygen atoms in total. The van der Waals surface area contributed by atoms with E-state index in [1.54, 1.807) is 12.1 Å². The van der Waals surface area contributed by atoms with Crippen LogP contribution in [-0.4, -0.2) is 23.4 Å². The minimum absolute atomic E-state index is 0.0390. The predicted octanol–water partition coefficient (Wildman–Crippen LogP) is 4.08. The summed E-state index contributed by atoms with van der Waals surface area (Å²) in [5.74, 6) is 0.484. The number of furan rings is 1. The van der Waals surface area contributed by atoms with Crippen molar-refractivity contribution in [3.63, 3.8) is 0 Å². The van der Waals surface area contributed by atoms with E-state index in [0.717, 1.165) is 19.4 Å². The van der Waals surface area contributed by atoms with Gasteiger partial charge in [0.05, 0.1) is 0 Å². The van der Waals surface area contributed by atoms with Crippen LogP contribution in [0.2, 0.25) is 0 Å². The van der Waals surface area contributed by atoms with Crippen LogP contribution in [0.3, 0.4) is 0 Å². The lowest BCUT2D eigenvalue weighted by atomic mass is 9.65. The summed E-state index contributed by atoms with van der Waals surface area (Å²) in [6, 6.07) is 3.90. The number of likely N-dealkylation sites (tertiary alicyclic amines) is 1. The molecule has 3 rings (SSSR count). The van der Waals surface area contributed by atoms with Gasteiger partial charge in [-0.2, -0.15) is 0 Å². The number of carbonyl (C=O) groups is 1. The van der Waals surface area contributed by atoms with Gasteiger partial charge in [-0.05, 0) is 58.2 Å². The van der Waals surface area contributed by atoms with Gasteiger partial charge in [0.1, 0.15) is 0 Å². The molecule has 1 saturated carbocycles. The second-order valence-corrected chi connectivity index (χ2v) is 8.03. The number of rotatable bonds is 1. The number of amides is 1. The van der Waals surface area contributed by atoms with Crippen LogP contribution in [0.25, 0.3) is 0 Å². The molecule has 0 N–H and O–H groups in total. The topological polar surface area (TPSA) is 33.5 Å². The molecule has 1 aromatic heterocycles. The third-order valence-corrected chi connectivity index (χ3v) is 4.89. The summed E-state index contributed by atoms with van der Waals surface area (Å²) in [5, 5.41) is 0. The normalized spacial score (nSPS) is 32.6. The highest BCUT2D eigenvalue weighted by molar-refractivity contribution is 9.10. The van der Waals surface area contributed by atoms with Gasteiger partial charge in [-0.3, -0.25) is 4.79 Å². The Morgan fingerprint density at radius 2 is 2.11 bits per heavy atom. The van der Waals surface area contributed by atoms with Crippen LogP contribution in [0.5, 0.6) is 0 Å². The standard InChI is InChI=1S/C15H20BrNO2/c1-14(2)6-10-7-15(3,8-14)9-17(10)13(18)11-4-5-12(16)19-11/h4-5,10H,6-9H2,1-3H3. The molecule has 1 aromatic rings. The van der Waals surface area contributed by atoms with Gasteiger partial charge in [0.2, 0.25) is 0 Å². The summed E-state index contributed by atoms with van der Waals surface area (Å²) in [7, 11) is 0. The number of hydrogen-bond donors (Lipinski definition) is 0. The molecule has 104 valence electrons. The first kappa shape index (κ1) is 13.2. The highest BCUT2D eigenvalue weighted by Crippen LogP contribution is 2.52. The number of hydrogen-bond acceptors (Lipinski definition) is 2. The van der Waals surface area contributed by atoms with E-state index < -0.39 is 0 Å². The molecule has 4 heteroatoms. The molecule has 19 heavy (non-hydrogen) atoms. The molecule has 1 aliphatic carbocycles. The average molecular weight is 326 g/mol. The van der Waals surface area contributed by atoms with Gasteiger partial charge in [-0.15, -0.1) is 0 Å². The Balaban J connectivity index is 1.86. The van der Waals surface area contributed by atoms with Gasteiger partial charge in [-0.1, -0.05) is 20.8 Å². The number of nitrogens with zero attached hydrogens (tertiary/aromatic N) is 1. The Morgan fingerprint density at radius 1 is 1.37 bits per heavy atom. The van der Waals surface area contributed by atoms with Gasteiger partial charge in [0, 0.05) is 12.6 Å². The minimum Gasteiger partial charge on any atom is -0.444 e. The van der Waals surface area contributed by atoms with Crippen LogP contribution in [0, 0.1) is 10.8 Å². The molecule has 2 unspecified atom stereocenters. The molecular formula is C15H20BrNO2. The summed E-state index contributed by atoms with van der Waals surface area (Å²) in [6.07, 6.45) is 3.42. The zero-order chi connectivity index (χ0) is 13.8. The smallest absolute Gasteiger partial charge is 0.289 e. The van der Waals surface area contributed by atoms with Crippen molar-refractivity contribution in [2.45, 2.75) is 46.1 Å². The Bertz CT molecular complexity index is 522. The van der Waals surface area contributed by atoms with Crippen molar-refractivity contribution in [2.24, 2.45) is 10.8 Å². The molecule has 1 aliphatic heterocycles. The first-order valence-corrected chi connectivity index (χ1v) is 7.64. The molecule has 1 amide bonds. The second-order valence-electron chi connectivity index (χ2n) is 7.25. The van der Waals surface area contributed by atoms with E-state index in [2.05, 4.69) is 36.7 Å². The maximum atomic E-state index is 12.6. The lowest BCUT2D eigenvalue weighted by molar-refractivity contribution is 0.0675. The van der Waals surface area contributed by atoms with Crippen LogP contribution in [-0.2, 0) is 0 Å². The number of fused-ring (bicyclic) bond motifs is 2. The first-order valence-electron chi connectivity index (χ1n) is 6.84. The van der Waals surface area contributed by atoms with Crippen LogP contribution >= 0.6 is 15.9 Å². The van der Waals surface area contributed by atoms with E-state index in [0.29, 0.717) is 21.9 Å². The summed E-state index contributed by atoms with van der Waals surface area (Å²) in [4.78, 5) is 14.6. The van der Waals surface area contributed by atoms with E-state index in [4.69, 9.17) is 4.42 Å². The SMILES string of the molecule is CC1(C)CC2CC(C)(CN2C(=O)c2ccc(Br)o2)C1. The lowest BCUT2D eigenvalue weighted by Gasteiger charge is -2.39. The monoisotopic (exact) mass is 325 g/mol. The molecule has 0 aromatic carbocycles. The molecular weight excluding hydrogens is 306 g/mol. The fourth-order valence-corrected chi connectivity index (χ4v) is 4.57. The van der Waals surface area contributed by atoms with Gasteiger partial charge >= 0.3 is 0 Å². The molecule has 1 saturated heterocycles. The van der Waals surface area contributed by atoms with E-state index in [1.807, 2.05) is 4.90 Å². The summed E-state index contributed by atoms with van der Waals surface area (Å²) < 4.78 is 6.03. The largest absolute Gasteiger partial charge is 0.444 e. The molecule has 2 aliphatic rings. The Labute approximate surface area is 122 Å². The summed E-state index contributed by atoms with van der Waals surface area (Å²) in [6.45, 7) is 7.80. The molecule has 0 radical (unpaired) electrons. The molecule has 2 fully saturated rings. The predicted molar refractivity (Wildman–Crippen MR) is 77.0 cm³/mol. The van der Waals surface area contributed by atoms with Crippen molar-refractivity contribution in [1.29, 1.82) is 0 Å². The Hall–Kier alpha value is -0.770. The number of halogens is 1. The molecule has 2 atom stereocenters. The van der Waals surface area contributed by atoms with Crippen molar-refractivity contribution in [1.82, 2.24) is 4.90 Å². The number of carbonyl (C=O) groups excluding carboxylic acids is 1. The zero-order valence-electron chi connectivity index (χ0n) is 11.7. The Morgan fingerprint density at radius 3 is 2.74 bits per heavy atom. The average Bonchev–Trinajstić information content (AvgIpc) is 2.78. The van der Waals surface area contributed by atoms with Crippen molar-refractivity contribution in [2.75, 3.05) is 6.54 Å². The summed E-state index contributed by atoms with van der Waals surface area (Å²) >= 11 is 3.26. The minimum atomic E-state index is 0.0390. The van der Waals surface area contributed by atoms with Gasteiger partial charge in [0.15, 0.2) is 10.4 Å². The maximum Gasteiger partial charge on any atom is 0.289 e. The van der Waals surface area contributed by atoms with E-state index >= 15 is 0 Å². The van der Waals surface area contributed by atoms with Crippen molar-refractivity contribution in [3.05, 3.63) is 22.6 Å². The van der Waals surface area contributed by atoms with E-state index in [-0.39, 0.29) is 11.3 Å². The highest BCUT2D eigenvalue weighted by Gasteiger charge is 2.51. The highest BCUT2D eigenvalue weighted by atomic mass is 79.9. The first-order chi connectivity index (χ1) is 8.78. The maximum absolute atomic E-state index is 12.6. The van der Waals surface area contributed by atoms with Crippen molar-refractivity contribution < 1.29 is 9.21 Å². The fraction of sp³-hybridized carbons (Fsp3) is 0.667. The van der Waals surface area contributed by atoms with Crippen LogP contribution in [0.4, 0.5) is 0 Å². The molecule has 2 heterocycles. The zero-order valence-corrected chi connectivity index (χ0v) is 13.3. The van der Waals surface area contributed by atoms with Crippen molar-refractivity contribution in [3.8, 4) is 0 Å². The fourth-order valence-electron chi connectivity index (χ4n) is 4.27. The van der Waals surface area contributed by atoms with Gasteiger partial charge < -0.3 is 9.32 Å². The quantitative estimate of drug-likeness (QED) is 0.779. The van der Waals surface area contributed by atoms with E-state index in [9.17, 15) is 4.79 Å². The van der Waals surface area contributed by atoms with Crippen LogP contribution < -0.4 is 0 Å². The Kier molecular flexibility index (Phi) is 2.86. The second kappa shape index (κ2) is 4.11. The van der Waals surface area contributed by atoms with Gasteiger partial charge in [-0.25, -0.2) is 0 Å². The van der Waals surface area contributed by atoms with Crippen molar-refractivity contribution >= 4 is 21.8 Å². The van der Waals surface area contributed by atoms with Gasteiger partial charge in [0.25, 0.3) is 5.91 Å². The van der Waals surface area contributed by atoms with Crippen LogP contribution in [0.15, 0.2) is 21.2 Å². The lowest BCUT2D eigenvalue weighted by Crippen LogP contribution is -2.37. The molecule has 2 bridgehead atoms. The third kappa shape index (κ3) is 2.35. The van der Waals surface area contributed by atoms with E-state index in [1.165, 1.54) is 6.42 Å². The third-order valence-electron chi connectivity index (χ3n) is 4.46. The van der Waals surface area contributed by atoms with Crippen LogP contribution in [0.1, 0.15) is 50.6 Å². The summed E-state index contributed by atoms with van der Waals surface area (Å²) in [5.41, 5.74) is 0.600. The molecule has 0 spiro atoms.